The molecular weight excluding hydrogens is 271 g/mol. The Morgan fingerprint density at radius 1 is 1.22 bits per heavy atom. The Kier molecular flexibility index (Phi) is 4.28. The quantitative estimate of drug-likeness (QED) is 0.861. The maximum Gasteiger partial charge on any atom is 0.129 e. The first-order valence-corrected chi connectivity index (χ1v) is 6.12. The predicted octanol–water partition coefficient (Wildman–Crippen LogP) is 4.01. The minimum Gasteiger partial charge on any atom is -0.496 e. The summed E-state index contributed by atoms with van der Waals surface area (Å²) in [5.74, 6) is 0.800. The van der Waals surface area contributed by atoms with E-state index in [-0.39, 0.29) is 0 Å². The molecule has 1 N–H and O–H groups in total. The van der Waals surface area contributed by atoms with Gasteiger partial charge >= 0.3 is 0 Å². The summed E-state index contributed by atoms with van der Waals surface area (Å²) in [7, 11) is 1.64. The SMILES string of the molecule is COc1ccc(Cl)cc1CNc1ccc(Cl)nc1. The fourth-order valence-corrected chi connectivity index (χ4v) is 1.87. The van der Waals surface area contributed by atoms with Crippen LogP contribution in [-0.2, 0) is 6.54 Å². The lowest BCUT2D eigenvalue weighted by molar-refractivity contribution is 0.410. The van der Waals surface area contributed by atoms with Crippen LogP contribution in [0, 0.1) is 0 Å². The molecule has 0 aliphatic heterocycles. The molecule has 0 amide bonds. The first-order chi connectivity index (χ1) is 8.69. The summed E-state index contributed by atoms with van der Waals surface area (Å²) in [5.41, 5.74) is 1.88. The van der Waals surface area contributed by atoms with E-state index in [1.807, 2.05) is 18.2 Å². The average Bonchev–Trinajstić information content (AvgIpc) is 2.38. The molecule has 0 atom stereocenters. The molecule has 0 aliphatic carbocycles. The Morgan fingerprint density at radius 3 is 2.72 bits per heavy atom. The van der Waals surface area contributed by atoms with Gasteiger partial charge in [0.15, 0.2) is 0 Å². The fraction of sp³-hybridized carbons (Fsp3) is 0.154. The second-order valence-corrected chi connectivity index (χ2v) is 4.50. The normalized spacial score (nSPS) is 10.2. The van der Waals surface area contributed by atoms with Crippen molar-refractivity contribution in [2.24, 2.45) is 0 Å². The van der Waals surface area contributed by atoms with Gasteiger partial charge in [0, 0.05) is 17.1 Å². The summed E-state index contributed by atoms with van der Waals surface area (Å²) in [6.07, 6.45) is 1.68. The Morgan fingerprint density at radius 2 is 2.06 bits per heavy atom. The molecule has 94 valence electrons. The number of hydrogen-bond donors (Lipinski definition) is 1. The molecule has 2 rings (SSSR count). The summed E-state index contributed by atoms with van der Waals surface area (Å²) in [5, 5.41) is 4.39. The standard InChI is InChI=1S/C13H12Cl2N2O/c1-18-12-4-2-10(14)6-9(12)7-16-11-3-5-13(15)17-8-11/h2-6,8,16H,7H2,1H3. The monoisotopic (exact) mass is 282 g/mol. The van der Waals surface area contributed by atoms with Crippen LogP contribution in [0.1, 0.15) is 5.56 Å². The number of nitrogens with zero attached hydrogens (tertiary/aromatic N) is 1. The third-order valence-electron chi connectivity index (χ3n) is 2.45. The summed E-state index contributed by atoms with van der Waals surface area (Å²) >= 11 is 11.7. The molecule has 2 aromatic rings. The maximum atomic E-state index is 5.96. The molecule has 0 spiro atoms. The zero-order chi connectivity index (χ0) is 13.0. The largest absolute Gasteiger partial charge is 0.496 e. The molecule has 1 aromatic heterocycles. The van der Waals surface area contributed by atoms with E-state index in [9.17, 15) is 0 Å². The smallest absolute Gasteiger partial charge is 0.129 e. The molecule has 0 aliphatic rings. The van der Waals surface area contributed by atoms with Gasteiger partial charge in [-0.2, -0.15) is 0 Å². The van der Waals surface area contributed by atoms with E-state index < -0.39 is 0 Å². The fourth-order valence-electron chi connectivity index (χ4n) is 1.56. The van der Waals surface area contributed by atoms with Crippen LogP contribution >= 0.6 is 23.2 Å². The Bertz CT molecular complexity index is 529. The number of hydrogen-bond acceptors (Lipinski definition) is 3. The number of nitrogens with one attached hydrogen (secondary N) is 1. The highest BCUT2D eigenvalue weighted by atomic mass is 35.5. The van der Waals surface area contributed by atoms with Crippen LogP contribution < -0.4 is 10.1 Å². The number of ether oxygens (including phenoxy) is 1. The highest BCUT2D eigenvalue weighted by Gasteiger charge is 2.03. The average molecular weight is 283 g/mol. The van der Waals surface area contributed by atoms with Gasteiger partial charge in [0.2, 0.25) is 0 Å². The first kappa shape index (κ1) is 13.0. The summed E-state index contributed by atoms with van der Waals surface area (Å²) < 4.78 is 5.27. The van der Waals surface area contributed by atoms with E-state index in [0.29, 0.717) is 16.7 Å². The van der Waals surface area contributed by atoms with Gasteiger partial charge in [0.25, 0.3) is 0 Å². The van der Waals surface area contributed by atoms with Crippen LogP contribution in [0.4, 0.5) is 5.69 Å². The lowest BCUT2D eigenvalue weighted by atomic mass is 10.2. The summed E-state index contributed by atoms with van der Waals surface area (Å²) in [4.78, 5) is 4.00. The number of pyridine rings is 1. The molecule has 5 heteroatoms. The third-order valence-corrected chi connectivity index (χ3v) is 2.91. The highest BCUT2D eigenvalue weighted by molar-refractivity contribution is 6.30. The number of rotatable bonds is 4. The molecule has 1 aromatic carbocycles. The number of aromatic nitrogens is 1. The van der Waals surface area contributed by atoms with Gasteiger partial charge in [-0.1, -0.05) is 23.2 Å². The van der Waals surface area contributed by atoms with Gasteiger partial charge in [0.1, 0.15) is 10.9 Å². The molecule has 0 saturated heterocycles. The van der Waals surface area contributed by atoms with Gasteiger partial charge in [-0.3, -0.25) is 0 Å². The Balaban J connectivity index is 2.09. The molecule has 18 heavy (non-hydrogen) atoms. The Labute approximate surface area is 116 Å². The van der Waals surface area contributed by atoms with Crippen LogP contribution in [0.5, 0.6) is 5.75 Å². The van der Waals surface area contributed by atoms with E-state index in [4.69, 9.17) is 27.9 Å². The molecule has 0 saturated carbocycles. The number of anilines is 1. The molecule has 0 unspecified atom stereocenters. The topological polar surface area (TPSA) is 34.1 Å². The van der Waals surface area contributed by atoms with Crippen molar-refractivity contribution in [1.29, 1.82) is 0 Å². The van der Waals surface area contributed by atoms with Crippen molar-refractivity contribution >= 4 is 28.9 Å². The lowest BCUT2D eigenvalue weighted by Crippen LogP contribution is -2.02. The van der Waals surface area contributed by atoms with Crippen LogP contribution in [0.25, 0.3) is 0 Å². The minimum atomic E-state index is 0.473. The minimum absolute atomic E-state index is 0.473. The predicted molar refractivity (Wildman–Crippen MR) is 74.6 cm³/mol. The zero-order valence-corrected chi connectivity index (χ0v) is 11.3. The van der Waals surface area contributed by atoms with Gasteiger partial charge < -0.3 is 10.1 Å². The van der Waals surface area contributed by atoms with Crippen LogP contribution in [-0.4, -0.2) is 12.1 Å². The first-order valence-electron chi connectivity index (χ1n) is 5.37. The van der Waals surface area contributed by atoms with Crippen LogP contribution in [0.15, 0.2) is 36.5 Å². The highest BCUT2D eigenvalue weighted by Crippen LogP contribution is 2.23. The number of halogens is 2. The van der Waals surface area contributed by atoms with Gasteiger partial charge in [-0.05, 0) is 30.3 Å². The summed E-state index contributed by atoms with van der Waals surface area (Å²) in [6.45, 7) is 0.604. The maximum absolute atomic E-state index is 5.96. The van der Waals surface area contributed by atoms with Gasteiger partial charge in [0.05, 0.1) is 19.0 Å². The third kappa shape index (κ3) is 3.28. The van der Waals surface area contributed by atoms with E-state index in [2.05, 4.69) is 10.3 Å². The zero-order valence-electron chi connectivity index (χ0n) is 9.78. The molecule has 0 radical (unpaired) electrons. The lowest BCUT2D eigenvalue weighted by Gasteiger charge is -2.10. The summed E-state index contributed by atoms with van der Waals surface area (Å²) in [6, 6.07) is 9.12. The van der Waals surface area contributed by atoms with E-state index in [0.717, 1.165) is 17.0 Å². The van der Waals surface area contributed by atoms with Crippen molar-refractivity contribution in [2.75, 3.05) is 12.4 Å². The van der Waals surface area contributed by atoms with Crippen LogP contribution in [0.3, 0.4) is 0 Å². The van der Waals surface area contributed by atoms with Crippen molar-refractivity contribution in [3.63, 3.8) is 0 Å². The van der Waals surface area contributed by atoms with E-state index in [1.165, 1.54) is 0 Å². The van der Waals surface area contributed by atoms with Crippen molar-refractivity contribution < 1.29 is 4.74 Å². The van der Waals surface area contributed by atoms with Gasteiger partial charge in [-0.15, -0.1) is 0 Å². The molecule has 0 bridgehead atoms. The molecule has 0 fully saturated rings. The van der Waals surface area contributed by atoms with Crippen molar-refractivity contribution in [3.05, 3.63) is 52.3 Å². The van der Waals surface area contributed by atoms with E-state index in [1.54, 1.807) is 25.4 Å². The molecule has 3 nitrogen and oxygen atoms in total. The second-order valence-electron chi connectivity index (χ2n) is 3.68. The van der Waals surface area contributed by atoms with Crippen LogP contribution in [0.2, 0.25) is 10.2 Å². The van der Waals surface area contributed by atoms with Crippen molar-refractivity contribution in [2.45, 2.75) is 6.54 Å². The Hall–Kier alpha value is -1.45. The van der Waals surface area contributed by atoms with Crippen molar-refractivity contribution in [3.8, 4) is 5.75 Å². The number of methoxy groups -OCH3 is 1. The second kappa shape index (κ2) is 5.94. The molecule has 1 heterocycles. The van der Waals surface area contributed by atoms with E-state index >= 15 is 0 Å². The van der Waals surface area contributed by atoms with Crippen molar-refractivity contribution in [1.82, 2.24) is 4.98 Å². The van der Waals surface area contributed by atoms with Gasteiger partial charge in [-0.25, -0.2) is 4.98 Å². The molecular formula is C13H12Cl2N2O. The number of benzene rings is 1.